The van der Waals surface area contributed by atoms with Gasteiger partial charge in [0.2, 0.25) is 11.8 Å². The zero-order valence-corrected chi connectivity index (χ0v) is 17.2. The first-order valence-corrected chi connectivity index (χ1v) is 10.1. The first kappa shape index (κ1) is 19.0. The fourth-order valence-corrected chi connectivity index (χ4v) is 5.00. The van der Waals surface area contributed by atoms with E-state index in [-0.39, 0.29) is 17.9 Å². The lowest BCUT2D eigenvalue weighted by molar-refractivity contribution is -0.142. The molecule has 3 aliphatic heterocycles. The van der Waals surface area contributed by atoms with E-state index in [1.807, 2.05) is 38.1 Å². The molecule has 0 aliphatic carbocycles. The lowest BCUT2D eigenvalue weighted by Gasteiger charge is -2.27. The van der Waals surface area contributed by atoms with Gasteiger partial charge in [0, 0.05) is 31.5 Å². The second kappa shape index (κ2) is 6.77. The zero-order valence-electron chi connectivity index (χ0n) is 17.2. The predicted molar refractivity (Wildman–Crippen MR) is 106 cm³/mol. The van der Waals surface area contributed by atoms with Crippen molar-refractivity contribution in [3.63, 3.8) is 0 Å². The Labute approximate surface area is 174 Å². The molecular weight excluding hydrogens is 384 g/mol. The topological polar surface area (TPSA) is 88.8 Å². The molecule has 2 saturated heterocycles. The quantitative estimate of drug-likeness (QED) is 0.699. The molecule has 1 spiro atoms. The summed E-state index contributed by atoms with van der Waals surface area (Å²) >= 11 is 0. The van der Waals surface area contributed by atoms with Gasteiger partial charge in [-0.15, -0.1) is 0 Å². The van der Waals surface area contributed by atoms with Gasteiger partial charge in [0.25, 0.3) is 0 Å². The van der Waals surface area contributed by atoms with Crippen LogP contribution >= 0.6 is 0 Å². The Morgan fingerprint density at radius 2 is 2.23 bits per heavy atom. The van der Waals surface area contributed by atoms with Gasteiger partial charge < -0.3 is 19.1 Å². The monoisotopic (exact) mass is 408 g/mol. The number of ether oxygens (including phenoxy) is 1. The van der Waals surface area contributed by atoms with E-state index in [0.29, 0.717) is 25.4 Å². The van der Waals surface area contributed by atoms with Gasteiger partial charge in [0.15, 0.2) is 0 Å². The minimum atomic E-state index is -0.714. The Kier molecular flexibility index (Phi) is 4.28. The lowest BCUT2D eigenvalue weighted by Crippen LogP contribution is -2.44. The molecular formula is C22H24N4O4. The molecule has 156 valence electrons. The van der Waals surface area contributed by atoms with Crippen molar-refractivity contribution < 1.29 is 18.8 Å². The van der Waals surface area contributed by atoms with Crippen LogP contribution in [-0.4, -0.2) is 57.1 Å². The summed E-state index contributed by atoms with van der Waals surface area (Å²) in [7, 11) is 1.75. The molecule has 0 N–H and O–H groups in total. The molecule has 0 saturated carbocycles. The molecule has 2 fully saturated rings. The maximum absolute atomic E-state index is 13.4. The molecule has 2 bridgehead atoms. The third-order valence-electron chi connectivity index (χ3n) is 6.51. The zero-order chi connectivity index (χ0) is 21.0. The number of hydrogen-bond acceptors (Lipinski definition) is 6. The number of carbonyl (C=O) groups excluding carboxylic acids is 2. The van der Waals surface area contributed by atoms with Gasteiger partial charge in [-0.1, -0.05) is 23.4 Å². The second-order valence-electron chi connectivity index (χ2n) is 8.45. The maximum atomic E-state index is 13.4. The first-order valence-electron chi connectivity index (χ1n) is 10.1. The Morgan fingerprint density at radius 1 is 1.40 bits per heavy atom. The Hall–Kier alpha value is -3.00. The normalized spacial score (nSPS) is 29.0. The second-order valence-corrected chi connectivity index (χ2v) is 8.45. The Morgan fingerprint density at radius 3 is 2.93 bits per heavy atom. The molecule has 2 unspecified atom stereocenters. The highest BCUT2D eigenvalue weighted by molar-refractivity contribution is 5.93. The third kappa shape index (κ3) is 2.78. The van der Waals surface area contributed by atoms with Crippen molar-refractivity contribution in [1.82, 2.24) is 19.9 Å². The van der Waals surface area contributed by atoms with Crippen LogP contribution in [0.15, 0.2) is 41.2 Å². The molecule has 2 aromatic rings. The lowest BCUT2D eigenvalue weighted by atomic mass is 9.76. The molecule has 5 rings (SSSR count). The van der Waals surface area contributed by atoms with E-state index < -0.39 is 17.4 Å². The van der Waals surface area contributed by atoms with Gasteiger partial charge in [-0.25, -0.2) is 0 Å². The van der Waals surface area contributed by atoms with Crippen molar-refractivity contribution in [2.24, 2.45) is 11.8 Å². The predicted octanol–water partition coefficient (Wildman–Crippen LogP) is 1.63. The van der Waals surface area contributed by atoms with Crippen molar-refractivity contribution in [2.45, 2.75) is 38.6 Å². The molecule has 8 nitrogen and oxygen atoms in total. The Balaban J connectivity index is 1.37. The van der Waals surface area contributed by atoms with Crippen LogP contribution in [0.5, 0.6) is 0 Å². The highest BCUT2D eigenvalue weighted by Gasteiger charge is 2.67. The molecule has 30 heavy (non-hydrogen) atoms. The number of aromatic nitrogens is 2. The van der Waals surface area contributed by atoms with Crippen LogP contribution in [0.4, 0.5) is 0 Å². The standard InChI is InChI=1S/C22H24N4O4/c1-13-16(14(2)30-24-13)11-25(3)20(27)18-17-6-7-22(29-17)12-26(21(28)19(18)22)10-15-5-4-8-23-9-15/h4-9,17-19H,10-12H2,1-3H3/t17-,18?,19?,22-/m0/s1. The molecule has 0 radical (unpaired) electrons. The largest absolute Gasteiger partial charge is 0.361 e. The number of likely N-dealkylation sites (tertiary alicyclic amines) is 1. The third-order valence-corrected chi connectivity index (χ3v) is 6.51. The summed E-state index contributed by atoms with van der Waals surface area (Å²) < 4.78 is 11.4. The van der Waals surface area contributed by atoms with Gasteiger partial charge in [-0.3, -0.25) is 14.6 Å². The van der Waals surface area contributed by atoms with Crippen molar-refractivity contribution in [1.29, 1.82) is 0 Å². The number of carbonyl (C=O) groups is 2. The van der Waals surface area contributed by atoms with Crippen LogP contribution in [-0.2, 0) is 27.4 Å². The van der Waals surface area contributed by atoms with Gasteiger partial charge in [-0.05, 0) is 25.5 Å². The summed E-state index contributed by atoms with van der Waals surface area (Å²) in [6.07, 6.45) is 7.01. The SMILES string of the molecule is Cc1noc(C)c1CN(C)C(=O)C1C2C(=O)N(Cc3cccnc3)C[C@@]23C=C[C@@H]1O3. The molecule has 8 heteroatoms. The highest BCUT2D eigenvalue weighted by atomic mass is 16.5. The summed E-state index contributed by atoms with van der Waals surface area (Å²) in [5.41, 5.74) is 1.91. The fraction of sp³-hybridized carbons (Fsp3) is 0.455. The van der Waals surface area contributed by atoms with Crippen LogP contribution in [0.3, 0.4) is 0 Å². The molecule has 5 heterocycles. The summed E-state index contributed by atoms with van der Waals surface area (Å²) in [6, 6.07) is 3.80. The van der Waals surface area contributed by atoms with Gasteiger partial charge >= 0.3 is 0 Å². The number of rotatable bonds is 5. The van der Waals surface area contributed by atoms with Gasteiger partial charge in [0.1, 0.15) is 11.4 Å². The molecule has 4 atom stereocenters. The summed E-state index contributed by atoms with van der Waals surface area (Å²) in [4.78, 5) is 34.3. The smallest absolute Gasteiger partial charge is 0.230 e. The van der Waals surface area contributed by atoms with Crippen LogP contribution < -0.4 is 0 Å². The molecule has 2 aromatic heterocycles. The van der Waals surface area contributed by atoms with Crippen LogP contribution in [0.1, 0.15) is 22.6 Å². The van der Waals surface area contributed by atoms with E-state index >= 15 is 0 Å². The average molecular weight is 408 g/mol. The van der Waals surface area contributed by atoms with E-state index in [2.05, 4.69) is 10.1 Å². The van der Waals surface area contributed by atoms with Crippen LogP contribution in [0.25, 0.3) is 0 Å². The van der Waals surface area contributed by atoms with E-state index in [9.17, 15) is 9.59 Å². The van der Waals surface area contributed by atoms with E-state index in [4.69, 9.17) is 9.26 Å². The number of aryl methyl sites for hydroxylation is 2. The average Bonchev–Trinajstić information content (AvgIpc) is 3.45. The van der Waals surface area contributed by atoms with Crippen LogP contribution in [0.2, 0.25) is 0 Å². The molecule has 0 aromatic carbocycles. The van der Waals surface area contributed by atoms with Crippen molar-refractivity contribution in [3.8, 4) is 0 Å². The summed E-state index contributed by atoms with van der Waals surface area (Å²) in [6.45, 7) is 5.00. The summed E-state index contributed by atoms with van der Waals surface area (Å²) in [5, 5.41) is 3.96. The highest BCUT2D eigenvalue weighted by Crippen LogP contribution is 2.52. The van der Waals surface area contributed by atoms with Crippen molar-refractivity contribution >= 4 is 11.8 Å². The number of hydrogen-bond donors (Lipinski definition) is 0. The van der Waals surface area contributed by atoms with Gasteiger partial charge in [-0.2, -0.15) is 0 Å². The number of amides is 2. The maximum Gasteiger partial charge on any atom is 0.230 e. The summed E-state index contributed by atoms with van der Waals surface area (Å²) in [5.74, 6) is -0.439. The van der Waals surface area contributed by atoms with Gasteiger partial charge in [0.05, 0.1) is 36.7 Å². The molecule has 3 aliphatic rings. The van der Waals surface area contributed by atoms with E-state index in [0.717, 1.165) is 16.8 Å². The molecule has 2 amide bonds. The minimum Gasteiger partial charge on any atom is -0.361 e. The van der Waals surface area contributed by atoms with E-state index in [1.54, 1.807) is 29.2 Å². The van der Waals surface area contributed by atoms with Crippen molar-refractivity contribution in [2.75, 3.05) is 13.6 Å². The number of nitrogens with zero attached hydrogens (tertiary/aromatic N) is 4. The van der Waals surface area contributed by atoms with Crippen LogP contribution in [0, 0.1) is 25.7 Å². The van der Waals surface area contributed by atoms with E-state index in [1.165, 1.54) is 0 Å². The fourth-order valence-electron chi connectivity index (χ4n) is 5.00. The first-order chi connectivity index (χ1) is 14.4. The number of fused-ring (bicyclic) bond motifs is 1. The Bertz CT molecular complexity index is 1010. The van der Waals surface area contributed by atoms with Crippen molar-refractivity contribution in [3.05, 3.63) is 59.3 Å². The minimum absolute atomic E-state index is 0.0326. The number of pyridine rings is 1.